The van der Waals surface area contributed by atoms with Gasteiger partial charge in [-0.2, -0.15) is 0 Å². The van der Waals surface area contributed by atoms with Crippen molar-refractivity contribution in [1.82, 2.24) is 5.32 Å². The fourth-order valence-electron chi connectivity index (χ4n) is 1.66. The third-order valence-electron chi connectivity index (χ3n) is 2.53. The molecule has 2 nitrogen and oxygen atoms in total. The van der Waals surface area contributed by atoms with Crippen molar-refractivity contribution in [1.29, 1.82) is 0 Å². The Morgan fingerprint density at radius 2 is 2.40 bits per heavy atom. The van der Waals surface area contributed by atoms with Crippen LogP contribution >= 0.6 is 11.6 Å². The van der Waals surface area contributed by atoms with E-state index in [-0.39, 0.29) is 5.75 Å². The van der Waals surface area contributed by atoms with Crippen molar-refractivity contribution in [3.05, 3.63) is 29.0 Å². The molecule has 0 aromatic heterocycles. The summed E-state index contributed by atoms with van der Waals surface area (Å²) < 4.78 is 18.7. The maximum atomic E-state index is 13.3. The van der Waals surface area contributed by atoms with Gasteiger partial charge in [-0.3, -0.25) is 0 Å². The summed E-state index contributed by atoms with van der Waals surface area (Å²) in [6, 6.07) is 4.47. The van der Waals surface area contributed by atoms with Gasteiger partial charge in [-0.05, 0) is 31.2 Å². The zero-order chi connectivity index (χ0) is 10.7. The van der Waals surface area contributed by atoms with E-state index in [2.05, 4.69) is 5.32 Å². The van der Waals surface area contributed by atoms with Crippen LogP contribution in [0.5, 0.6) is 5.75 Å². The zero-order valence-electron chi connectivity index (χ0n) is 8.30. The summed E-state index contributed by atoms with van der Waals surface area (Å²) in [4.78, 5) is 0. The molecule has 1 aliphatic rings. The fourth-order valence-corrected chi connectivity index (χ4v) is 1.82. The molecule has 1 fully saturated rings. The molecule has 1 N–H and O–H groups in total. The second-order valence-corrected chi connectivity index (χ2v) is 4.18. The standard InChI is InChI=1S/C11H13ClFNO/c12-9-1-2-11(10(13)5-9)15-7-8-3-4-14-6-8/h1-2,5,8,14H,3-4,6-7H2. The highest BCUT2D eigenvalue weighted by atomic mass is 35.5. The van der Waals surface area contributed by atoms with Gasteiger partial charge in [0.2, 0.25) is 0 Å². The molecule has 0 saturated carbocycles. The number of hydrogen-bond donors (Lipinski definition) is 1. The Morgan fingerprint density at radius 1 is 1.53 bits per heavy atom. The normalized spacial score (nSPS) is 20.5. The van der Waals surface area contributed by atoms with E-state index in [1.54, 1.807) is 12.1 Å². The van der Waals surface area contributed by atoms with Crippen molar-refractivity contribution in [2.45, 2.75) is 6.42 Å². The van der Waals surface area contributed by atoms with Gasteiger partial charge in [-0.1, -0.05) is 11.6 Å². The van der Waals surface area contributed by atoms with Crippen molar-refractivity contribution < 1.29 is 9.13 Å². The molecule has 1 saturated heterocycles. The van der Waals surface area contributed by atoms with Crippen molar-refractivity contribution in [2.24, 2.45) is 5.92 Å². The highest BCUT2D eigenvalue weighted by molar-refractivity contribution is 6.30. The first-order chi connectivity index (χ1) is 7.25. The fraction of sp³-hybridized carbons (Fsp3) is 0.455. The molecule has 0 aliphatic carbocycles. The van der Waals surface area contributed by atoms with E-state index >= 15 is 0 Å². The average molecular weight is 230 g/mol. The van der Waals surface area contributed by atoms with E-state index in [9.17, 15) is 4.39 Å². The highest BCUT2D eigenvalue weighted by Crippen LogP contribution is 2.22. The van der Waals surface area contributed by atoms with Crippen LogP contribution in [-0.2, 0) is 0 Å². The monoisotopic (exact) mass is 229 g/mol. The van der Waals surface area contributed by atoms with Gasteiger partial charge in [-0.15, -0.1) is 0 Å². The van der Waals surface area contributed by atoms with Crippen molar-refractivity contribution in [2.75, 3.05) is 19.7 Å². The number of ether oxygens (including phenoxy) is 1. The van der Waals surface area contributed by atoms with Gasteiger partial charge in [0.15, 0.2) is 11.6 Å². The number of halogens is 2. The van der Waals surface area contributed by atoms with E-state index < -0.39 is 5.82 Å². The number of nitrogens with one attached hydrogen (secondary N) is 1. The maximum absolute atomic E-state index is 13.3. The lowest BCUT2D eigenvalue weighted by atomic mass is 10.1. The SMILES string of the molecule is Fc1cc(Cl)ccc1OCC1CCNC1. The molecule has 0 spiro atoms. The second-order valence-electron chi connectivity index (χ2n) is 3.74. The van der Waals surface area contributed by atoms with E-state index in [1.807, 2.05) is 0 Å². The molecule has 1 heterocycles. The molecule has 0 bridgehead atoms. The number of rotatable bonds is 3. The van der Waals surface area contributed by atoms with Crippen LogP contribution in [-0.4, -0.2) is 19.7 Å². The van der Waals surface area contributed by atoms with Crippen LogP contribution in [0.4, 0.5) is 4.39 Å². The number of benzene rings is 1. The van der Waals surface area contributed by atoms with Gasteiger partial charge in [0.1, 0.15) is 0 Å². The predicted molar refractivity (Wildman–Crippen MR) is 57.9 cm³/mol. The molecule has 1 aliphatic heterocycles. The van der Waals surface area contributed by atoms with Crippen LogP contribution in [0.25, 0.3) is 0 Å². The summed E-state index contributed by atoms with van der Waals surface area (Å²) in [6.45, 7) is 2.54. The van der Waals surface area contributed by atoms with Gasteiger partial charge in [-0.25, -0.2) is 4.39 Å². The maximum Gasteiger partial charge on any atom is 0.166 e. The molecule has 2 rings (SSSR count). The minimum atomic E-state index is -0.395. The summed E-state index contributed by atoms with van der Waals surface area (Å²) >= 11 is 5.64. The first-order valence-electron chi connectivity index (χ1n) is 5.04. The molecule has 0 amide bonds. The zero-order valence-corrected chi connectivity index (χ0v) is 9.06. The Bertz CT molecular complexity index is 339. The Balaban J connectivity index is 1.92. The highest BCUT2D eigenvalue weighted by Gasteiger charge is 2.15. The summed E-state index contributed by atoms with van der Waals surface area (Å²) in [7, 11) is 0. The second kappa shape index (κ2) is 4.81. The Hall–Kier alpha value is -0.800. The van der Waals surface area contributed by atoms with Gasteiger partial charge >= 0.3 is 0 Å². The quantitative estimate of drug-likeness (QED) is 0.860. The molecule has 1 aromatic carbocycles. The van der Waals surface area contributed by atoms with Crippen LogP contribution in [0, 0.1) is 11.7 Å². The summed E-state index contributed by atoms with van der Waals surface area (Å²) in [6.07, 6.45) is 1.09. The molecular formula is C11H13ClFNO. The summed E-state index contributed by atoms with van der Waals surface area (Å²) in [5, 5.41) is 3.63. The van der Waals surface area contributed by atoms with Crippen molar-refractivity contribution >= 4 is 11.6 Å². The van der Waals surface area contributed by atoms with Crippen molar-refractivity contribution in [3.8, 4) is 5.75 Å². The lowest BCUT2D eigenvalue weighted by Crippen LogP contribution is -2.15. The van der Waals surface area contributed by atoms with E-state index in [1.165, 1.54) is 6.07 Å². The molecule has 4 heteroatoms. The topological polar surface area (TPSA) is 21.3 Å². The first kappa shape index (κ1) is 10.7. The van der Waals surface area contributed by atoms with Gasteiger partial charge in [0.05, 0.1) is 6.61 Å². The predicted octanol–water partition coefficient (Wildman–Crippen LogP) is 2.47. The Kier molecular flexibility index (Phi) is 3.44. The molecule has 1 unspecified atom stereocenters. The van der Waals surface area contributed by atoms with Crippen LogP contribution in [0.3, 0.4) is 0 Å². The molecule has 1 aromatic rings. The third-order valence-corrected chi connectivity index (χ3v) is 2.77. The van der Waals surface area contributed by atoms with Gasteiger partial charge in [0, 0.05) is 17.5 Å². The largest absolute Gasteiger partial charge is 0.490 e. The molecule has 1 atom stereocenters. The first-order valence-corrected chi connectivity index (χ1v) is 5.42. The van der Waals surface area contributed by atoms with E-state index in [4.69, 9.17) is 16.3 Å². The van der Waals surface area contributed by atoms with Crippen LogP contribution in [0.2, 0.25) is 5.02 Å². The molecule has 82 valence electrons. The van der Waals surface area contributed by atoms with Gasteiger partial charge in [0.25, 0.3) is 0 Å². The van der Waals surface area contributed by atoms with Crippen LogP contribution in [0.1, 0.15) is 6.42 Å². The summed E-state index contributed by atoms with van der Waals surface area (Å²) in [5.74, 6) is 0.375. The van der Waals surface area contributed by atoms with Crippen LogP contribution < -0.4 is 10.1 Å². The van der Waals surface area contributed by atoms with Crippen LogP contribution in [0.15, 0.2) is 18.2 Å². The van der Waals surface area contributed by atoms with E-state index in [0.717, 1.165) is 19.5 Å². The average Bonchev–Trinajstić information content (AvgIpc) is 2.69. The molecular weight excluding hydrogens is 217 g/mol. The Morgan fingerprint density at radius 3 is 3.07 bits per heavy atom. The van der Waals surface area contributed by atoms with Crippen molar-refractivity contribution in [3.63, 3.8) is 0 Å². The van der Waals surface area contributed by atoms with Gasteiger partial charge < -0.3 is 10.1 Å². The minimum Gasteiger partial charge on any atom is -0.490 e. The minimum absolute atomic E-state index is 0.284. The smallest absolute Gasteiger partial charge is 0.166 e. The molecule has 0 radical (unpaired) electrons. The summed E-state index contributed by atoms with van der Waals surface area (Å²) in [5.41, 5.74) is 0. The third kappa shape index (κ3) is 2.83. The number of hydrogen-bond acceptors (Lipinski definition) is 2. The lowest BCUT2D eigenvalue weighted by Gasteiger charge is -2.11. The Labute approximate surface area is 93.4 Å². The van der Waals surface area contributed by atoms with E-state index in [0.29, 0.717) is 17.5 Å². The lowest BCUT2D eigenvalue weighted by molar-refractivity contribution is 0.249. The molecule has 15 heavy (non-hydrogen) atoms.